The van der Waals surface area contributed by atoms with Crippen LogP contribution in [-0.2, 0) is 27.2 Å². The number of methoxy groups -OCH3 is 1. The molecule has 7 N–H and O–H groups in total. The molecule has 0 bridgehead atoms. The van der Waals surface area contributed by atoms with E-state index in [-0.39, 0.29) is 23.4 Å². The summed E-state index contributed by atoms with van der Waals surface area (Å²) in [5.74, 6) is -2.56. The first-order valence-corrected chi connectivity index (χ1v) is 15.0. The van der Waals surface area contributed by atoms with Gasteiger partial charge in [0, 0.05) is 24.0 Å². The van der Waals surface area contributed by atoms with Gasteiger partial charge in [-0.3, -0.25) is 9.59 Å². The number of aromatic amines is 4. The maximum atomic E-state index is 12.5. The van der Waals surface area contributed by atoms with E-state index in [0.717, 1.165) is 11.1 Å². The summed E-state index contributed by atoms with van der Waals surface area (Å²) >= 11 is 0. The molecule has 2 amide bonds. The first-order valence-electron chi connectivity index (χ1n) is 15.0. The van der Waals surface area contributed by atoms with E-state index in [2.05, 4.69) is 30.6 Å². The van der Waals surface area contributed by atoms with Crippen molar-refractivity contribution >= 4 is 45.8 Å². The number of nitrogens with one attached hydrogen (secondary N) is 6. The largest absolute Gasteiger partial charge is 0.480 e. The molecule has 49 heavy (non-hydrogen) atoms. The highest BCUT2D eigenvalue weighted by Gasteiger charge is 2.23. The molecule has 0 aliphatic rings. The van der Waals surface area contributed by atoms with Crippen LogP contribution in [0.15, 0.2) is 107 Å². The highest BCUT2D eigenvalue weighted by Crippen LogP contribution is 2.13. The molecule has 14 heteroatoms. The molecular weight excluding hydrogens is 632 g/mol. The number of carbonyl (C=O) groups is 4. The second-order valence-electron chi connectivity index (χ2n) is 11.0. The van der Waals surface area contributed by atoms with E-state index in [1.165, 1.54) is 19.2 Å². The maximum Gasteiger partial charge on any atom is 0.328 e. The number of aliphatic carboxylic acids is 1. The fraction of sp³-hybridized carbons (Fsp3) is 0.143. The summed E-state index contributed by atoms with van der Waals surface area (Å²) in [6, 6.07) is 26.0. The van der Waals surface area contributed by atoms with E-state index < -0.39 is 35.8 Å². The third-order valence-corrected chi connectivity index (χ3v) is 7.52. The van der Waals surface area contributed by atoms with Gasteiger partial charge < -0.3 is 40.4 Å². The molecule has 0 aliphatic heterocycles. The Bertz CT molecular complexity index is 2220. The average molecular weight is 665 g/mol. The van der Waals surface area contributed by atoms with Crippen LogP contribution in [0.3, 0.4) is 0 Å². The number of imidazole rings is 2. The van der Waals surface area contributed by atoms with Crippen molar-refractivity contribution in [3.8, 4) is 0 Å². The number of benzene rings is 4. The summed E-state index contributed by atoms with van der Waals surface area (Å²) in [4.78, 5) is 81.2. The molecule has 2 unspecified atom stereocenters. The minimum absolute atomic E-state index is 0.186. The smallest absolute Gasteiger partial charge is 0.328 e. The predicted octanol–water partition coefficient (Wildman–Crippen LogP) is 2.65. The number of ether oxygens (including phenoxy) is 1. The van der Waals surface area contributed by atoms with E-state index in [0.29, 0.717) is 34.1 Å². The minimum Gasteiger partial charge on any atom is -0.480 e. The standard InChI is InChI=1S/C18H17N3O4.C17H15N3O4/c1-25-17(23)15(9-11-5-3-2-4-6-11)19-16(22)12-7-8-13-14(10-12)21-18(24)20-13;21-15(11-6-7-12-13(9-11)20-17(24)19-12)18-14(16(22)23)8-10-4-2-1-3-5-10/h2-8,10,15H,9H2,1H3,(H,19,22)(H2,20,21,24);1-7,9,14H,8H2,(H,18,21)(H,22,23)(H2,19,20,24). The number of carboxylic acid groups (broad SMARTS) is 1. The van der Waals surface area contributed by atoms with Crippen molar-refractivity contribution in [3.05, 3.63) is 140 Å². The molecule has 2 aromatic heterocycles. The Hall–Kier alpha value is -6.70. The lowest BCUT2D eigenvalue weighted by molar-refractivity contribution is -0.143. The number of esters is 1. The predicted molar refractivity (Wildman–Crippen MR) is 180 cm³/mol. The monoisotopic (exact) mass is 664 g/mol. The van der Waals surface area contributed by atoms with Gasteiger partial charge in [0.05, 0.1) is 29.2 Å². The molecule has 2 atom stereocenters. The Morgan fingerprint density at radius 2 is 1.02 bits per heavy atom. The summed E-state index contributed by atoms with van der Waals surface area (Å²) in [7, 11) is 1.28. The molecule has 0 spiro atoms. The first-order chi connectivity index (χ1) is 23.6. The van der Waals surface area contributed by atoms with Crippen LogP contribution in [0.25, 0.3) is 22.1 Å². The van der Waals surface area contributed by atoms with Crippen LogP contribution in [0, 0.1) is 0 Å². The van der Waals surface area contributed by atoms with Crippen molar-refractivity contribution in [1.29, 1.82) is 0 Å². The van der Waals surface area contributed by atoms with E-state index in [4.69, 9.17) is 4.74 Å². The zero-order valence-electron chi connectivity index (χ0n) is 26.1. The lowest BCUT2D eigenvalue weighted by Crippen LogP contribution is -2.43. The first kappa shape index (κ1) is 33.7. The van der Waals surface area contributed by atoms with Crippen molar-refractivity contribution in [1.82, 2.24) is 30.6 Å². The Morgan fingerprint density at radius 1 is 0.612 bits per heavy atom. The normalized spacial score (nSPS) is 11.9. The molecule has 4 aromatic carbocycles. The van der Waals surface area contributed by atoms with Gasteiger partial charge in [0.15, 0.2) is 0 Å². The highest BCUT2D eigenvalue weighted by atomic mass is 16.5. The summed E-state index contributed by atoms with van der Waals surface area (Å²) in [6.07, 6.45) is 0.508. The Kier molecular flexibility index (Phi) is 10.5. The molecule has 14 nitrogen and oxygen atoms in total. The van der Waals surface area contributed by atoms with Crippen molar-refractivity contribution < 1.29 is 29.0 Å². The summed E-state index contributed by atoms with van der Waals surface area (Å²) in [6.45, 7) is 0. The van der Waals surface area contributed by atoms with Crippen molar-refractivity contribution in [2.75, 3.05) is 7.11 Å². The zero-order valence-corrected chi connectivity index (χ0v) is 26.1. The fourth-order valence-electron chi connectivity index (χ4n) is 5.07. The molecule has 0 aliphatic carbocycles. The van der Waals surface area contributed by atoms with Gasteiger partial charge in [-0.1, -0.05) is 60.7 Å². The number of carbonyl (C=O) groups excluding carboxylic acids is 3. The number of hydrogen-bond donors (Lipinski definition) is 7. The topological polar surface area (TPSA) is 219 Å². The van der Waals surface area contributed by atoms with E-state index >= 15 is 0 Å². The minimum atomic E-state index is -1.11. The van der Waals surface area contributed by atoms with Crippen LogP contribution < -0.4 is 22.0 Å². The van der Waals surface area contributed by atoms with Gasteiger partial charge in [-0.25, -0.2) is 19.2 Å². The highest BCUT2D eigenvalue weighted by molar-refractivity contribution is 6.00. The number of fused-ring (bicyclic) bond motifs is 2. The maximum absolute atomic E-state index is 12.5. The van der Waals surface area contributed by atoms with Crippen LogP contribution in [0.2, 0.25) is 0 Å². The number of amides is 2. The third kappa shape index (κ3) is 8.77. The van der Waals surface area contributed by atoms with E-state index in [9.17, 15) is 33.9 Å². The molecule has 0 saturated carbocycles. The molecule has 0 radical (unpaired) electrons. The van der Waals surface area contributed by atoms with Gasteiger partial charge >= 0.3 is 23.3 Å². The van der Waals surface area contributed by atoms with Crippen molar-refractivity contribution in [2.24, 2.45) is 0 Å². The molecule has 250 valence electrons. The van der Waals surface area contributed by atoms with E-state index in [1.54, 1.807) is 36.4 Å². The lowest BCUT2D eigenvalue weighted by Gasteiger charge is -2.16. The van der Waals surface area contributed by atoms with Crippen LogP contribution >= 0.6 is 0 Å². The Balaban J connectivity index is 0.000000191. The van der Waals surface area contributed by atoms with Gasteiger partial charge in [-0.15, -0.1) is 0 Å². The fourth-order valence-corrected chi connectivity index (χ4v) is 5.07. The lowest BCUT2D eigenvalue weighted by atomic mass is 10.1. The summed E-state index contributed by atoms with van der Waals surface area (Å²) in [5, 5.41) is 14.5. The molecule has 2 heterocycles. The van der Waals surface area contributed by atoms with Crippen LogP contribution in [0.1, 0.15) is 31.8 Å². The van der Waals surface area contributed by atoms with Gasteiger partial charge in [-0.2, -0.15) is 0 Å². The quantitative estimate of drug-likeness (QED) is 0.108. The van der Waals surface area contributed by atoms with Crippen molar-refractivity contribution in [2.45, 2.75) is 24.9 Å². The third-order valence-electron chi connectivity index (χ3n) is 7.52. The molecule has 0 fully saturated rings. The number of aromatic nitrogens is 4. The number of carboxylic acids is 1. The van der Waals surface area contributed by atoms with Crippen LogP contribution in [0.5, 0.6) is 0 Å². The number of rotatable bonds is 10. The zero-order chi connectivity index (χ0) is 34.9. The molecular formula is C35H32N6O8. The number of hydrogen-bond acceptors (Lipinski definition) is 7. The van der Waals surface area contributed by atoms with Crippen molar-refractivity contribution in [3.63, 3.8) is 0 Å². The second-order valence-corrected chi connectivity index (χ2v) is 11.0. The van der Waals surface area contributed by atoms with E-state index in [1.807, 2.05) is 48.5 Å². The van der Waals surface area contributed by atoms with Crippen LogP contribution in [0.4, 0.5) is 0 Å². The van der Waals surface area contributed by atoms with Gasteiger partial charge in [-0.05, 0) is 47.5 Å². The van der Waals surface area contributed by atoms with Crippen LogP contribution in [-0.4, -0.2) is 68.0 Å². The Labute approximate surface area is 277 Å². The SMILES string of the molecule is COC(=O)C(Cc1ccccc1)NC(=O)c1ccc2[nH]c(=O)[nH]c2c1.O=C(NC(Cc1ccccc1)C(=O)O)c1ccc2[nH]c(=O)[nH]c2c1. The number of H-pyrrole nitrogens is 4. The molecule has 6 aromatic rings. The molecule has 0 saturated heterocycles. The second kappa shape index (κ2) is 15.3. The Morgan fingerprint density at radius 3 is 1.45 bits per heavy atom. The van der Waals surface area contributed by atoms with Gasteiger partial charge in [0.25, 0.3) is 11.8 Å². The summed E-state index contributed by atoms with van der Waals surface area (Å²) < 4.78 is 4.79. The van der Waals surface area contributed by atoms with Gasteiger partial charge in [0.2, 0.25) is 0 Å². The van der Waals surface area contributed by atoms with Gasteiger partial charge in [0.1, 0.15) is 12.1 Å². The molecule has 6 rings (SSSR count). The summed E-state index contributed by atoms with van der Waals surface area (Å²) in [5.41, 5.74) is 3.82. The average Bonchev–Trinajstić information content (AvgIpc) is 3.67.